The molecule has 1 aromatic carbocycles. The number of amides is 1. The molecule has 1 aromatic rings. The molecule has 1 aliphatic carbocycles. The molecule has 2 aliphatic rings. The molecule has 3 rings (SSSR count). The first kappa shape index (κ1) is 18.5. The van der Waals surface area contributed by atoms with E-state index in [0.29, 0.717) is 12.6 Å². The predicted molar refractivity (Wildman–Crippen MR) is 96.3 cm³/mol. The Morgan fingerprint density at radius 2 is 2.04 bits per heavy atom. The van der Waals surface area contributed by atoms with Crippen LogP contribution in [0.2, 0.25) is 5.02 Å². The first-order valence-electron chi connectivity index (χ1n) is 8.22. The highest BCUT2D eigenvalue weighted by Crippen LogP contribution is 2.28. The molecule has 1 unspecified atom stereocenters. The number of nitrogens with one attached hydrogen (secondary N) is 2. The molecule has 4 nitrogen and oxygen atoms in total. The fourth-order valence-electron chi connectivity index (χ4n) is 3.52. The summed E-state index contributed by atoms with van der Waals surface area (Å²) < 4.78 is 0. The number of carbonyl (C=O) groups excluding carboxylic acids is 1. The number of nitrogens with zero attached hydrogens (tertiary/aromatic N) is 1. The van der Waals surface area contributed by atoms with E-state index >= 15 is 0 Å². The van der Waals surface area contributed by atoms with Gasteiger partial charge in [0.15, 0.2) is 0 Å². The molecule has 0 bridgehead atoms. The van der Waals surface area contributed by atoms with Crippen LogP contribution in [0.3, 0.4) is 0 Å². The largest absolute Gasteiger partial charge is 0.352 e. The lowest BCUT2D eigenvalue weighted by Gasteiger charge is -2.36. The molecule has 0 aromatic heterocycles. The molecule has 0 radical (unpaired) electrons. The van der Waals surface area contributed by atoms with Crippen LogP contribution in [0.4, 0.5) is 0 Å². The summed E-state index contributed by atoms with van der Waals surface area (Å²) in [6.07, 6.45) is 4.73. The van der Waals surface area contributed by atoms with E-state index in [-0.39, 0.29) is 24.4 Å². The van der Waals surface area contributed by atoms with Crippen LogP contribution in [0.15, 0.2) is 24.3 Å². The van der Waals surface area contributed by atoms with Crippen LogP contribution in [0.1, 0.15) is 37.3 Å². The molecular weight excluding hydrogens is 333 g/mol. The van der Waals surface area contributed by atoms with Gasteiger partial charge in [0.2, 0.25) is 5.91 Å². The maximum atomic E-state index is 12.3. The summed E-state index contributed by atoms with van der Waals surface area (Å²) in [6, 6.07) is 8.47. The van der Waals surface area contributed by atoms with Gasteiger partial charge in [-0.2, -0.15) is 0 Å². The summed E-state index contributed by atoms with van der Waals surface area (Å²) >= 11 is 6.34. The van der Waals surface area contributed by atoms with Crippen LogP contribution in [-0.4, -0.2) is 43.0 Å². The van der Waals surface area contributed by atoms with E-state index in [1.807, 2.05) is 18.2 Å². The standard InChI is InChI=1S/C17H24ClN3O.ClH/c18-15-8-4-3-7-14(15)16-11-19-9-10-21(16)12-17(22)20-13-5-1-2-6-13;/h3-4,7-8,13,16,19H,1-2,5-6,9-12H2,(H,20,22);1H. The lowest BCUT2D eigenvalue weighted by molar-refractivity contribution is -0.123. The number of hydrogen-bond donors (Lipinski definition) is 2. The van der Waals surface area contributed by atoms with Crippen LogP contribution >= 0.6 is 24.0 Å². The quantitative estimate of drug-likeness (QED) is 0.870. The Morgan fingerprint density at radius 1 is 1.30 bits per heavy atom. The average molecular weight is 358 g/mol. The third kappa shape index (κ3) is 4.83. The third-order valence-corrected chi connectivity index (χ3v) is 5.03. The summed E-state index contributed by atoms with van der Waals surface area (Å²) in [6.45, 7) is 3.07. The Bertz CT molecular complexity index is 520. The summed E-state index contributed by atoms with van der Waals surface area (Å²) in [5.41, 5.74) is 1.10. The Morgan fingerprint density at radius 3 is 2.78 bits per heavy atom. The monoisotopic (exact) mass is 357 g/mol. The van der Waals surface area contributed by atoms with E-state index in [1.54, 1.807) is 0 Å². The van der Waals surface area contributed by atoms with E-state index in [4.69, 9.17) is 11.6 Å². The van der Waals surface area contributed by atoms with Gasteiger partial charge in [0.25, 0.3) is 0 Å². The van der Waals surface area contributed by atoms with Gasteiger partial charge in [-0.25, -0.2) is 0 Å². The second kappa shape index (κ2) is 8.88. The van der Waals surface area contributed by atoms with Gasteiger partial charge < -0.3 is 10.6 Å². The molecule has 0 spiro atoms. The molecular formula is C17H25Cl2N3O. The van der Waals surface area contributed by atoms with Crippen LogP contribution in [0.5, 0.6) is 0 Å². The molecule has 6 heteroatoms. The highest BCUT2D eigenvalue weighted by atomic mass is 35.5. The molecule has 2 fully saturated rings. The zero-order valence-electron chi connectivity index (χ0n) is 13.3. The van der Waals surface area contributed by atoms with Crippen LogP contribution in [0, 0.1) is 0 Å². The minimum absolute atomic E-state index is 0. The Labute approximate surface area is 149 Å². The summed E-state index contributed by atoms with van der Waals surface area (Å²) in [4.78, 5) is 14.6. The molecule has 2 N–H and O–H groups in total. The lowest BCUT2D eigenvalue weighted by atomic mass is 10.0. The van der Waals surface area contributed by atoms with Crippen molar-refractivity contribution in [2.24, 2.45) is 0 Å². The van der Waals surface area contributed by atoms with Crippen molar-refractivity contribution in [1.82, 2.24) is 15.5 Å². The van der Waals surface area contributed by atoms with Crippen molar-refractivity contribution >= 4 is 29.9 Å². The Kier molecular flexibility index (Phi) is 7.15. The average Bonchev–Trinajstić information content (AvgIpc) is 3.01. The highest BCUT2D eigenvalue weighted by molar-refractivity contribution is 6.31. The zero-order valence-corrected chi connectivity index (χ0v) is 14.8. The van der Waals surface area contributed by atoms with Crippen LogP contribution in [-0.2, 0) is 4.79 Å². The fraction of sp³-hybridized carbons (Fsp3) is 0.588. The Hall–Kier alpha value is -0.810. The molecule has 1 aliphatic heterocycles. The summed E-state index contributed by atoms with van der Waals surface area (Å²) in [5.74, 6) is 0.144. The van der Waals surface area contributed by atoms with Crippen molar-refractivity contribution in [3.05, 3.63) is 34.9 Å². The minimum atomic E-state index is 0. The van der Waals surface area contributed by atoms with E-state index in [0.717, 1.165) is 43.1 Å². The van der Waals surface area contributed by atoms with E-state index in [2.05, 4.69) is 21.6 Å². The van der Waals surface area contributed by atoms with Gasteiger partial charge in [-0.1, -0.05) is 42.6 Å². The fourth-order valence-corrected chi connectivity index (χ4v) is 3.78. The SMILES string of the molecule is Cl.O=C(CN1CCNCC1c1ccccc1Cl)NC1CCCC1. The van der Waals surface area contributed by atoms with Crippen molar-refractivity contribution in [2.75, 3.05) is 26.2 Å². The first-order chi connectivity index (χ1) is 10.7. The van der Waals surface area contributed by atoms with E-state index in [9.17, 15) is 4.79 Å². The minimum Gasteiger partial charge on any atom is -0.352 e. The normalized spacial score (nSPS) is 22.6. The second-order valence-corrected chi connectivity index (χ2v) is 6.67. The zero-order chi connectivity index (χ0) is 15.4. The second-order valence-electron chi connectivity index (χ2n) is 6.26. The molecule has 1 atom stereocenters. The van der Waals surface area contributed by atoms with Gasteiger partial charge in [0.1, 0.15) is 0 Å². The number of benzene rings is 1. The lowest BCUT2D eigenvalue weighted by Crippen LogP contribution is -2.50. The topological polar surface area (TPSA) is 44.4 Å². The predicted octanol–water partition coefficient (Wildman–Crippen LogP) is 2.77. The van der Waals surface area contributed by atoms with Crippen molar-refractivity contribution in [3.8, 4) is 0 Å². The van der Waals surface area contributed by atoms with Gasteiger partial charge in [-0.3, -0.25) is 9.69 Å². The molecule has 1 saturated heterocycles. The van der Waals surface area contributed by atoms with Gasteiger partial charge in [0, 0.05) is 36.7 Å². The highest BCUT2D eigenvalue weighted by Gasteiger charge is 2.27. The molecule has 1 saturated carbocycles. The molecule has 1 amide bonds. The number of halogens is 2. The van der Waals surface area contributed by atoms with Crippen LogP contribution in [0.25, 0.3) is 0 Å². The number of hydrogen-bond acceptors (Lipinski definition) is 3. The van der Waals surface area contributed by atoms with Crippen LogP contribution < -0.4 is 10.6 Å². The van der Waals surface area contributed by atoms with Crippen molar-refractivity contribution in [2.45, 2.75) is 37.8 Å². The number of carbonyl (C=O) groups is 1. The van der Waals surface area contributed by atoms with E-state index < -0.39 is 0 Å². The summed E-state index contributed by atoms with van der Waals surface area (Å²) in [5, 5.41) is 7.36. The molecule has 23 heavy (non-hydrogen) atoms. The number of piperazine rings is 1. The maximum absolute atomic E-state index is 12.3. The summed E-state index contributed by atoms with van der Waals surface area (Å²) in [7, 11) is 0. The van der Waals surface area contributed by atoms with E-state index in [1.165, 1.54) is 12.8 Å². The smallest absolute Gasteiger partial charge is 0.234 e. The molecule has 1 heterocycles. The van der Waals surface area contributed by atoms with Gasteiger partial charge >= 0.3 is 0 Å². The van der Waals surface area contributed by atoms with Gasteiger partial charge in [-0.15, -0.1) is 12.4 Å². The number of rotatable bonds is 4. The van der Waals surface area contributed by atoms with Crippen molar-refractivity contribution < 1.29 is 4.79 Å². The molecule has 128 valence electrons. The Balaban J connectivity index is 0.00000192. The van der Waals surface area contributed by atoms with Gasteiger partial charge in [0.05, 0.1) is 6.54 Å². The maximum Gasteiger partial charge on any atom is 0.234 e. The van der Waals surface area contributed by atoms with Gasteiger partial charge in [-0.05, 0) is 24.5 Å². The third-order valence-electron chi connectivity index (χ3n) is 4.69. The van der Waals surface area contributed by atoms with Crippen molar-refractivity contribution in [3.63, 3.8) is 0 Å². The first-order valence-corrected chi connectivity index (χ1v) is 8.60. The van der Waals surface area contributed by atoms with Crippen molar-refractivity contribution in [1.29, 1.82) is 0 Å².